The monoisotopic (exact) mass is 255 g/mol. The van der Waals surface area contributed by atoms with Gasteiger partial charge < -0.3 is 5.73 Å². The third-order valence-electron chi connectivity index (χ3n) is 1.89. The van der Waals surface area contributed by atoms with Crippen molar-refractivity contribution in [2.45, 2.75) is 17.0 Å². The maximum absolute atomic E-state index is 5.97. The smallest absolute Gasteiger partial charge is 0.221 e. The van der Waals surface area contributed by atoms with Crippen molar-refractivity contribution in [2.24, 2.45) is 7.05 Å². The molecule has 2 N–H and O–H groups in total. The van der Waals surface area contributed by atoms with Gasteiger partial charge in [-0.3, -0.25) is 4.68 Å². The van der Waals surface area contributed by atoms with Crippen LogP contribution in [0.5, 0.6) is 0 Å². The van der Waals surface area contributed by atoms with E-state index >= 15 is 0 Å². The van der Waals surface area contributed by atoms with Crippen LogP contribution in [-0.4, -0.2) is 19.7 Å². The third kappa shape index (κ3) is 2.28. The highest BCUT2D eigenvalue weighted by molar-refractivity contribution is 7.99. The minimum absolute atomic E-state index is 0.214. The van der Waals surface area contributed by atoms with Crippen LogP contribution in [0.15, 0.2) is 22.3 Å². The van der Waals surface area contributed by atoms with Crippen molar-refractivity contribution in [2.75, 3.05) is 5.73 Å². The van der Waals surface area contributed by atoms with E-state index in [9.17, 15) is 0 Å². The largest absolute Gasteiger partial charge is 0.368 e. The summed E-state index contributed by atoms with van der Waals surface area (Å²) in [6, 6.07) is 1.96. The molecule has 0 saturated carbocycles. The van der Waals surface area contributed by atoms with Gasteiger partial charge in [0.05, 0.1) is 16.9 Å². The van der Waals surface area contributed by atoms with E-state index in [1.165, 1.54) is 18.0 Å². The summed E-state index contributed by atoms with van der Waals surface area (Å²) in [4.78, 5) is 7.88. The van der Waals surface area contributed by atoms with Crippen LogP contribution < -0.4 is 5.73 Å². The normalized spacial score (nSPS) is 10.7. The topological polar surface area (TPSA) is 69.6 Å². The number of nitrogen functional groups attached to an aromatic ring is 1. The lowest BCUT2D eigenvalue weighted by atomic mass is 10.5. The van der Waals surface area contributed by atoms with Crippen LogP contribution in [0.4, 0.5) is 5.95 Å². The Morgan fingerprint density at radius 2 is 2.25 bits per heavy atom. The van der Waals surface area contributed by atoms with Gasteiger partial charge in [-0.1, -0.05) is 11.6 Å². The van der Waals surface area contributed by atoms with Crippen molar-refractivity contribution >= 4 is 29.3 Å². The number of anilines is 1. The van der Waals surface area contributed by atoms with E-state index in [1.54, 1.807) is 4.68 Å². The van der Waals surface area contributed by atoms with Gasteiger partial charge in [-0.25, -0.2) is 9.97 Å². The second-order valence-electron chi connectivity index (χ2n) is 3.23. The van der Waals surface area contributed by atoms with E-state index in [2.05, 4.69) is 15.1 Å². The molecule has 2 aromatic rings. The summed E-state index contributed by atoms with van der Waals surface area (Å²) in [5.41, 5.74) is 6.46. The second kappa shape index (κ2) is 4.31. The summed E-state index contributed by atoms with van der Waals surface area (Å²) in [5.74, 6) is 0.214. The van der Waals surface area contributed by atoms with Crippen molar-refractivity contribution < 1.29 is 0 Å². The average molecular weight is 256 g/mol. The zero-order valence-corrected chi connectivity index (χ0v) is 10.4. The summed E-state index contributed by atoms with van der Waals surface area (Å²) < 4.78 is 1.77. The molecule has 2 heterocycles. The highest BCUT2D eigenvalue weighted by atomic mass is 35.5. The molecule has 0 bridgehead atoms. The van der Waals surface area contributed by atoms with E-state index in [0.29, 0.717) is 10.0 Å². The molecule has 5 nitrogen and oxygen atoms in total. The maximum Gasteiger partial charge on any atom is 0.221 e. The van der Waals surface area contributed by atoms with E-state index < -0.39 is 0 Å². The van der Waals surface area contributed by atoms with Crippen molar-refractivity contribution in [1.82, 2.24) is 19.7 Å². The first-order valence-corrected chi connectivity index (χ1v) is 5.72. The number of nitrogens with two attached hydrogens (primary N) is 1. The zero-order valence-electron chi connectivity index (χ0n) is 8.81. The van der Waals surface area contributed by atoms with Gasteiger partial charge in [-0.05, 0) is 24.8 Å². The number of nitrogens with zero attached hydrogens (tertiary/aromatic N) is 4. The zero-order chi connectivity index (χ0) is 11.7. The van der Waals surface area contributed by atoms with E-state index in [-0.39, 0.29) is 5.95 Å². The van der Waals surface area contributed by atoms with Crippen LogP contribution in [0.25, 0.3) is 0 Å². The van der Waals surface area contributed by atoms with Crippen molar-refractivity contribution in [3.8, 4) is 0 Å². The minimum Gasteiger partial charge on any atom is -0.368 e. The number of aromatic nitrogens is 4. The Morgan fingerprint density at radius 3 is 2.88 bits per heavy atom. The molecule has 0 atom stereocenters. The van der Waals surface area contributed by atoms with Crippen LogP contribution in [-0.2, 0) is 7.05 Å². The van der Waals surface area contributed by atoms with Crippen LogP contribution in [0.2, 0.25) is 5.02 Å². The van der Waals surface area contributed by atoms with Crippen molar-refractivity contribution in [3.05, 3.63) is 23.0 Å². The Labute approximate surface area is 102 Å². The molecule has 0 aliphatic rings. The number of aryl methyl sites for hydroxylation is 2. The first kappa shape index (κ1) is 11.2. The molecule has 0 radical (unpaired) electrons. The maximum atomic E-state index is 5.97. The molecule has 2 aromatic heterocycles. The van der Waals surface area contributed by atoms with Gasteiger partial charge in [-0.15, -0.1) is 0 Å². The SMILES string of the molecule is Cc1cc(Sc2nc(N)ncc2Cl)n(C)n1. The van der Waals surface area contributed by atoms with Crippen LogP contribution in [0, 0.1) is 6.92 Å². The van der Waals surface area contributed by atoms with Gasteiger partial charge in [0.1, 0.15) is 10.1 Å². The Hall–Kier alpha value is -1.27. The molecule has 2 rings (SSSR count). The molecular weight excluding hydrogens is 246 g/mol. The Bertz CT molecular complexity index is 525. The van der Waals surface area contributed by atoms with Gasteiger partial charge >= 0.3 is 0 Å². The third-order valence-corrected chi connectivity index (χ3v) is 3.38. The molecule has 0 aromatic carbocycles. The molecule has 0 fully saturated rings. The lowest BCUT2D eigenvalue weighted by Crippen LogP contribution is -1.97. The number of hydrogen-bond acceptors (Lipinski definition) is 5. The van der Waals surface area contributed by atoms with Gasteiger partial charge in [0.15, 0.2) is 0 Å². The highest BCUT2D eigenvalue weighted by Gasteiger charge is 2.09. The van der Waals surface area contributed by atoms with E-state index in [4.69, 9.17) is 17.3 Å². The van der Waals surface area contributed by atoms with Gasteiger partial charge in [0.2, 0.25) is 5.95 Å². The molecule has 84 valence electrons. The molecule has 0 aliphatic heterocycles. The molecule has 0 aliphatic carbocycles. The molecule has 0 saturated heterocycles. The molecular formula is C9H10ClN5S. The summed E-state index contributed by atoms with van der Waals surface area (Å²) in [5, 5.41) is 6.31. The number of halogens is 1. The number of rotatable bonds is 2. The molecule has 0 spiro atoms. The highest BCUT2D eigenvalue weighted by Crippen LogP contribution is 2.31. The lowest BCUT2D eigenvalue weighted by Gasteiger charge is -2.03. The fourth-order valence-electron chi connectivity index (χ4n) is 1.22. The van der Waals surface area contributed by atoms with Crippen molar-refractivity contribution in [1.29, 1.82) is 0 Å². The molecule has 16 heavy (non-hydrogen) atoms. The lowest BCUT2D eigenvalue weighted by molar-refractivity contribution is 0.692. The Morgan fingerprint density at radius 1 is 1.50 bits per heavy atom. The molecule has 0 unspecified atom stereocenters. The fourth-order valence-corrected chi connectivity index (χ4v) is 2.31. The predicted octanol–water partition coefficient (Wildman–Crippen LogP) is 1.91. The summed E-state index contributed by atoms with van der Waals surface area (Å²) in [6.45, 7) is 1.93. The van der Waals surface area contributed by atoms with Crippen LogP contribution in [0.1, 0.15) is 5.69 Å². The van der Waals surface area contributed by atoms with Crippen LogP contribution in [0.3, 0.4) is 0 Å². The van der Waals surface area contributed by atoms with E-state index in [1.807, 2.05) is 20.0 Å². The standard InChI is InChI=1S/C9H10ClN5S/c1-5-3-7(15(2)14-5)16-8-6(10)4-12-9(11)13-8/h3-4H,1-2H3,(H2,11,12,13). The summed E-state index contributed by atoms with van der Waals surface area (Å²) in [7, 11) is 1.87. The fraction of sp³-hybridized carbons (Fsp3) is 0.222. The average Bonchev–Trinajstić information content (AvgIpc) is 2.51. The minimum atomic E-state index is 0.214. The quantitative estimate of drug-likeness (QED) is 0.830. The van der Waals surface area contributed by atoms with Crippen molar-refractivity contribution in [3.63, 3.8) is 0 Å². The van der Waals surface area contributed by atoms with Gasteiger partial charge in [0, 0.05) is 7.05 Å². The van der Waals surface area contributed by atoms with E-state index in [0.717, 1.165) is 10.7 Å². The Balaban J connectivity index is 2.33. The number of hydrogen-bond donors (Lipinski definition) is 1. The van der Waals surface area contributed by atoms with Crippen LogP contribution >= 0.6 is 23.4 Å². The second-order valence-corrected chi connectivity index (χ2v) is 4.65. The summed E-state index contributed by atoms with van der Waals surface area (Å²) in [6.07, 6.45) is 1.50. The molecule has 0 amide bonds. The van der Waals surface area contributed by atoms with Gasteiger partial charge in [0.25, 0.3) is 0 Å². The summed E-state index contributed by atoms with van der Waals surface area (Å²) >= 11 is 7.39. The first-order valence-electron chi connectivity index (χ1n) is 4.53. The first-order chi connectivity index (χ1) is 7.56. The Kier molecular flexibility index (Phi) is 3.02. The predicted molar refractivity (Wildman–Crippen MR) is 63.5 cm³/mol. The molecule has 7 heteroatoms. The van der Waals surface area contributed by atoms with Gasteiger partial charge in [-0.2, -0.15) is 5.10 Å².